The van der Waals surface area contributed by atoms with E-state index >= 15 is 0 Å². The van der Waals surface area contributed by atoms with Crippen LogP contribution in [0, 0.1) is 12.7 Å². The maximum absolute atomic E-state index is 14.0. The number of hydrogen-bond acceptors (Lipinski definition) is 4. The molecule has 0 N–H and O–H groups in total. The predicted molar refractivity (Wildman–Crippen MR) is 135 cm³/mol. The smallest absolute Gasteiger partial charge is 0.265 e. The van der Waals surface area contributed by atoms with Gasteiger partial charge in [-0.25, -0.2) is 19.3 Å². The van der Waals surface area contributed by atoms with Crippen LogP contribution in [0.15, 0.2) is 83.7 Å². The normalized spacial score (nSPS) is 12.5. The van der Waals surface area contributed by atoms with Crippen molar-refractivity contribution in [1.82, 2.24) is 24.1 Å². The van der Waals surface area contributed by atoms with E-state index in [1.165, 1.54) is 12.1 Å². The molecule has 0 aliphatic carbocycles. The van der Waals surface area contributed by atoms with Crippen molar-refractivity contribution in [1.29, 1.82) is 0 Å². The number of para-hydroxylation sites is 2. The summed E-state index contributed by atoms with van der Waals surface area (Å²) < 4.78 is 17.2. The molecule has 0 spiro atoms. The van der Waals surface area contributed by atoms with Crippen molar-refractivity contribution in [2.45, 2.75) is 26.4 Å². The lowest BCUT2D eigenvalue weighted by atomic mass is 10.1. The zero-order valence-corrected chi connectivity index (χ0v) is 19.3. The first-order chi connectivity index (χ1) is 17.0. The van der Waals surface area contributed by atoms with E-state index < -0.39 is 0 Å². The Labute approximate surface area is 200 Å². The summed E-state index contributed by atoms with van der Waals surface area (Å²) in [5, 5.41) is 0.439. The molecule has 0 saturated heterocycles. The molecule has 0 amide bonds. The molecule has 0 aliphatic heterocycles. The van der Waals surface area contributed by atoms with E-state index in [0.717, 1.165) is 16.6 Å². The van der Waals surface area contributed by atoms with E-state index in [2.05, 4.69) is 0 Å². The third kappa shape index (κ3) is 3.47. The van der Waals surface area contributed by atoms with Crippen LogP contribution in [0.3, 0.4) is 0 Å². The van der Waals surface area contributed by atoms with Crippen molar-refractivity contribution >= 4 is 33.2 Å². The Bertz CT molecular complexity index is 1770. The Hall–Kier alpha value is -4.39. The van der Waals surface area contributed by atoms with Crippen molar-refractivity contribution in [3.63, 3.8) is 0 Å². The Morgan fingerprint density at radius 1 is 0.829 bits per heavy atom. The summed E-state index contributed by atoms with van der Waals surface area (Å²) in [5.41, 5.74) is 4.81. The first kappa shape index (κ1) is 21.2. The first-order valence-corrected chi connectivity index (χ1v) is 11.5. The number of aryl methyl sites for hydroxylation is 1. The van der Waals surface area contributed by atoms with Gasteiger partial charge < -0.3 is 4.57 Å². The minimum atomic E-state index is -0.298. The van der Waals surface area contributed by atoms with Crippen LogP contribution in [0.5, 0.6) is 0 Å². The van der Waals surface area contributed by atoms with Gasteiger partial charge >= 0.3 is 0 Å². The zero-order chi connectivity index (χ0) is 24.1. The molecular weight excluding hydrogens is 441 g/mol. The molecule has 7 heteroatoms. The Balaban J connectivity index is 1.67. The molecule has 6 rings (SSSR count). The maximum Gasteiger partial charge on any atom is 0.265 e. The highest BCUT2D eigenvalue weighted by molar-refractivity contribution is 6.04. The van der Waals surface area contributed by atoms with Crippen LogP contribution in [0.25, 0.3) is 33.2 Å². The van der Waals surface area contributed by atoms with Crippen molar-refractivity contribution in [2.75, 3.05) is 0 Å². The lowest BCUT2D eigenvalue weighted by Gasteiger charge is -2.18. The van der Waals surface area contributed by atoms with Crippen LogP contribution in [0.2, 0.25) is 0 Å². The van der Waals surface area contributed by atoms with E-state index in [9.17, 15) is 9.18 Å². The fraction of sp³-hybridized carbons (Fsp3) is 0.143. The Kier molecular flexibility index (Phi) is 4.91. The van der Waals surface area contributed by atoms with E-state index in [4.69, 9.17) is 15.0 Å². The summed E-state index contributed by atoms with van der Waals surface area (Å²) in [7, 11) is 0. The third-order valence-corrected chi connectivity index (χ3v) is 6.50. The molecule has 0 aliphatic rings. The lowest BCUT2D eigenvalue weighted by molar-refractivity contribution is 0.586. The first-order valence-electron chi connectivity index (χ1n) is 11.5. The third-order valence-electron chi connectivity index (χ3n) is 6.50. The van der Waals surface area contributed by atoms with Crippen LogP contribution < -0.4 is 5.56 Å². The predicted octanol–water partition coefficient (Wildman–Crippen LogP) is 5.40. The van der Waals surface area contributed by atoms with Crippen LogP contribution >= 0.6 is 0 Å². The molecule has 172 valence electrons. The van der Waals surface area contributed by atoms with Gasteiger partial charge in [-0.05, 0) is 49.2 Å². The minimum Gasteiger partial charge on any atom is -0.304 e. The van der Waals surface area contributed by atoms with Gasteiger partial charge in [0.2, 0.25) is 0 Å². The molecule has 3 aromatic carbocycles. The van der Waals surface area contributed by atoms with Crippen LogP contribution in [-0.4, -0.2) is 24.1 Å². The van der Waals surface area contributed by atoms with E-state index in [-0.39, 0.29) is 17.4 Å². The number of aromatic nitrogens is 5. The second kappa shape index (κ2) is 8.13. The highest BCUT2D eigenvalue weighted by Crippen LogP contribution is 2.28. The second-order valence-electron chi connectivity index (χ2n) is 8.72. The van der Waals surface area contributed by atoms with E-state index in [0.29, 0.717) is 40.1 Å². The van der Waals surface area contributed by atoms with Crippen molar-refractivity contribution < 1.29 is 4.39 Å². The standard InChI is InChI=1S/C28H22FN5O/c1-17(20-8-4-3-5-9-20)34-18(2)30-26-24(28(34)35)25-27(32-23-11-7-6-10-22(23)31-25)33(26)16-19-12-14-21(29)15-13-19/h3-15,17H,16H2,1-2H3/t17-/m0/s1. The van der Waals surface area contributed by atoms with Gasteiger partial charge in [-0.15, -0.1) is 0 Å². The summed E-state index contributed by atoms with van der Waals surface area (Å²) in [5.74, 6) is 0.306. The molecule has 0 fully saturated rings. The number of benzene rings is 3. The number of rotatable bonds is 4. The minimum absolute atomic E-state index is 0.156. The molecular formula is C28H22FN5O. The summed E-state index contributed by atoms with van der Waals surface area (Å²) >= 11 is 0. The molecule has 0 unspecified atom stereocenters. The van der Waals surface area contributed by atoms with Gasteiger partial charge in [0.05, 0.1) is 23.6 Å². The lowest BCUT2D eigenvalue weighted by Crippen LogP contribution is -2.27. The van der Waals surface area contributed by atoms with Gasteiger partial charge in [-0.2, -0.15) is 0 Å². The monoisotopic (exact) mass is 463 g/mol. The summed E-state index contributed by atoms with van der Waals surface area (Å²) in [6, 6.07) is 23.6. The fourth-order valence-electron chi connectivity index (χ4n) is 4.73. The van der Waals surface area contributed by atoms with Gasteiger partial charge in [0.25, 0.3) is 5.56 Å². The fourth-order valence-corrected chi connectivity index (χ4v) is 4.73. The number of nitrogens with zero attached hydrogens (tertiary/aromatic N) is 5. The molecule has 3 heterocycles. The average molecular weight is 464 g/mol. The van der Waals surface area contributed by atoms with Gasteiger partial charge in [-0.3, -0.25) is 9.36 Å². The van der Waals surface area contributed by atoms with Crippen molar-refractivity contribution in [2.24, 2.45) is 0 Å². The highest BCUT2D eigenvalue weighted by atomic mass is 19.1. The van der Waals surface area contributed by atoms with Crippen LogP contribution in [0.1, 0.15) is 29.9 Å². The summed E-state index contributed by atoms with van der Waals surface area (Å²) in [6.45, 7) is 4.23. The quantitative estimate of drug-likeness (QED) is 0.351. The maximum atomic E-state index is 14.0. The largest absolute Gasteiger partial charge is 0.304 e. The molecule has 3 aromatic heterocycles. The highest BCUT2D eigenvalue weighted by Gasteiger charge is 2.23. The molecule has 0 radical (unpaired) electrons. The molecule has 0 bridgehead atoms. The molecule has 1 atom stereocenters. The van der Waals surface area contributed by atoms with Crippen LogP contribution in [-0.2, 0) is 6.54 Å². The molecule has 35 heavy (non-hydrogen) atoms. The average Bonchev–Trinajstić information content (AvgIpc) is 3.16. The number of fused-ring (bicyclic) bond motifs is 4. The van der Waals surface area contributed by atoms with E-state index in [1.807, 2.05) is 73.0 Å². The van der Waals surface area contributed by atoms with Gasteiger partial charge in [0.15, 0.2) is 11.3 Å². The van der Waals surface area contributed by atoms with Crippen LogP contribution in [0.4, 0.5) is 4.39 Å². The van der Waals surface area contributed by atoms with E-state index in [1.54, 1.807) is 16.7 Å². The van der Waals surface area contributed by atoms with Gasteiger partial charge in [0, 0.05) is 0 Å². The second-order valence-corrected chi connectivity index (χ2v) is 8.72. The van der Waals surface area contributed by atoms with Gasteiger partial charge in [-0.1, -0.05) is 54.6 Å². The Morgan fingerprint density at radius 3 is 2.20 bits per heavy atom. The number of halogens is 1. The SMILES string of the molecule is Cc1nc2c(c(=O)n1[C@@H](C)c1ccccc1)c1nc3ccccc3nc1n2Cc1ccc(F)cc1. The molecule has 0 saturated carbocycles. The molecule has 6 nitrogen and oxygen atoms in total. The molecule has 6 aromatic rings. The van der Waals surface area contributed by atoms with Crippen molar-refractivity contribution in [3.05, 3.63) is 112 Å². The van der Waals surface area contributed by atoms with Crippen molar-refractivity contribution in [3.8, 4) is 0 Å². The summed E-state index contributed by atoms with van der Waals surface area (Å²) in [6.07, 6.45) is 0. The van der Waals surface area contributed by atoms with Gasteiger partial charge in [0.1, 0.15) is 22.5 Å². The number of hydrogen-bond donors (Lipinski definition) is 0. The zero-order valence-electron chi connectivity index (χ0n) is 19.3. The Morgan fingerprint density at radius 2 is 1.49 bits per heavy atom. The summed E-state index contributed by atoms with van der Waals surface area (Å²) in [4.78, 5) is 28.6. The topological polar surface area (TPSA) is 65.6 Å².